The molecule has 228 valence electrons. The number of halogens is 4. The molecule has 12 heteroatoms. The van der Waals surface area contributed by atoms with Crippen molar-refractivity contribution < 1.29 is 41.7 Å². The van der Waals surface area contributed by atoms with Crippen molar-refractivity contribution in [3.8, 4) is 28.7 Å². The number of benzene rings is 4. The predicted octanol–water partition coefficient (Wildman–Crippen LogP) is 6.71. The summed E-state index contributed by atoms with van der Waals surface area (Å²) in [6.07, 6.45) is -0.244. The van der Waals surface area contributed by atoms with E-state index in [-0.39, 0.29) is 81.3 Å². The average Bonchev–Trinajstić information content (AvgIpc) is 3.54. The topological polar surface area (TPSA) is 107 Å². The highest BCUT2D eigenvalue weighted by molar-refractivity contribution is 5.92. The van der Waals surface area contributed by atoms with Crippen molar-refractivity contribution in [1.82, 2.24) is 9.55 Å². The van der Waals surface area contributed by atoms with Crippen LogP contribution in [0.25, 0.3) is 22.2 Å². The van der Waals surface area contributed by atoms with Gasteiger partial charge in [-0.1, -0.05) is 12.1 Å². The zero-order valence-corrected chi connectivity index (χ0v) is 23.8. The lowest BCUT2D eigenvalue weighted by Gasteiger charge is -2.24. The Bertz CT molecular complexity index is 2060. The third-order valence-corrected chi connectivity index (χ3v) is 7.60. The van der Waals surface area contributed by atoms with Gasteiger partial charge in [0.1, 0.15) is 28.8 Å². The molecule has 2 heterocycles. The first-order valence-corrected chi connectivity index (χ1v) is 13.6. The predicted molar refractivity (Wildman–Crippen MR) is 153 cm³/mol. The zero-order valence-electron chi connectivity index (χ0n) is 23.8. The van der Waals surface area contributed by atoms with Crippen LogP contribution in [0.3, 0.4) is 0 Å². The van der Waals surface area contributed by atoms with Gasteiger partial charge in [0.2, 0.25) is 0 Å². The van der Waals surface area contributed by atoms with Gasteiger partial charge in [0.05, 0.1) is 34.9 Å². The van der Waals surface area contributed by atoms with Gasteiger partial charge in [-0.05, 0) is 54.1 Å². The quantitative estimate of drug-likeness (QED) is 0.193. The number of hydrogen-bond acceptors (Lipinski definition) is 6. The summed E-state index contributed by atoms with van der Waals surface area (Å²) in [6.45, 7) is 1.79. The van der Waals surface area contributed by atoms with Gasteiger partial charge >= 0.3 is 5.97 Å². The van der Waals surface area contributed by atoms with Gasteiger partial charge in [-0.3, -0.25) is 0 Å². The molecule has 0 spiro atoms. The first-order chi connectivity index (χ1) is 21.5. The molecule has 0 amide bonds. The van der Waals surface area contributed by atoms with Crippen molar-refractivity contribution in [2.45, 2.75) is 25.7 Å². The minimum absolute atomic E-state index is 0.00826. The summed E-state index contributed by atoms with van der Waals surface area (Å²) in [5.74, 6) is -5.75. The Morgan fingerprint density at radius 1 is 1.00 bits per heavy atom. The lowest BCUT2D eigenvalue weighted by atomic mass is 10.00. The molecule has 8 nitrogen and oxygen atoms in total. The Labute approximate surface area is 253 Å². The molecule has 1 aliphatic rings. The molecule has 4 aromatic carbocycles. The van der Waals surface area contributed by atoms with Crippen LogP contribution in [0.2, 0.25) is 0 Å². The van der Waals surface area contributed by atoms with Gasteiger partial charge < -0.3 is 23.9 Å². The fourth-order valence-corrected chi connectivity index (χ4v) is 5.42. The van der Waals surface area contributed by atoms with Crippen molar-refractivity contribution in [2.24, 2.45) is 0 Å². The van der Waals surface area contributed by atoms with Crippen LogP contribution in [-0.4, -0.2) is 34.3 Å². The number of carboxylic acids is 1. The van der Waals surface area contributed by atoms with Gasteiger partial charge in [0.25, 0.3) is 5.79 Å². The van der Waals surface area contributed by atoms with Crippen molar-refractivity contribution in [3.63, 3.8) is 0 Å². The van der Waals surface area contributed by atoms with Gasteiger partial charge in [-0.2, -0.15) is 5.26 Å². The molecule has 0 saturated heterocycles. The van der Waals surface area contributed by atoms with Crippen molar-refractivity contribution >= 4 is 17.0 Å². The number of fused-ring (bicyclic) bond motifs is 2. The Hall–Kier alpha value is -5.41. The summed E-state index contributed by atoms with van der Waals surface area (Å²) in [6, 6.07) is 14.4. The summed E-state index contributed by atoms with van der Waals surface area (Å²) >= 11 is 0. The Morgan fingerprint density at radius 2 is 1.80 bits per heavy atom. The molecule has 1 unspecified atom stereocenters. The molecule has 0 aliphatic carbocycles. The van der Waals surface area contributed by atoms with E-state index in [1.54, 1.807) is 12.1 Å². The SMILES string of the molecule is COCCn1c(Cc2cc(F)c(-c3cccc4c3OC(C)(c3ccc(C#N)cc3F)O4)cc2F)nc2c(F)cc(C(=O)O)cc21. The number of carbonyl (C=O) groups is 1. The number of carboxylic acid groups (broad SMARTS) is 1. The molecule has 1 aliphatic heterocycles. The Morgan fingerprint density at radius 3 is 2.51 bits per heavy atom. The second-order valence-corrected chi connectivity index (χ2v) is 10.5. The van der Waals surface area contributed by atoms with Crippen LogP contribution in [-0.2, 0) is 23.5 Å². The van der Waals surface area contributed by atoms with Gasteiger partial charge in [0, 0.05) is 38.1 Å². The molecule has 0 radical (unpaired) electrons. The molecule has 1 aromatic heterocycles. The number of nitriles is 1. The lowest BCUT2D eigenvalue weighted by molar-refractivity contribution is -0.0705. The third kappa shape index (κ3) is 5.21. The van der Waals surface area contributed by atoms with Crippen molar-refractivity contribution in [1.29, 1.82) is 5.26 Å². The molecule has 5 aromatic rings. The summed E-state index contributed by atoms with van der Waals surface area (Å²) in [5, 5.41) is 18.5. The fourth-order valence-electron chi connectivity index (χ4n) is 5.42. The van der Waals surface area contributed by atoms with E-state index in [0.29, 0.717) is 0 Å². The highest BCUT2D eigenvalue weighted by Gasteiger charge is 2.42. The van der Waals surface area contributed by atoms with Gasteiger partial charge in [0.15, 0.2) is 17.3 Å². The third-order valence-electron chi connectivity index (χ3n) is 7.60. The molecule has 45 heavy (non-hydrogen) atoms. The first-order valence-electron chi connectivity index (χ1n) is 13.6. The number of imidazole rings is 1. The lowest BCUT2D eigenvalue weighted by Crippen LogP contribution is -2.32. The van der Waals surface area contributed by atoms with E-state index in [9.17, 15) is 18.7 Å². The Balaban J connectivity index is 1.36. The first kappa shape index (κ1) is 29.7. The summed E-state index contributed by atoms with van der Waals surface area (Å²) in [4.78, 5) is 15.8. The molecular weight excluding hydrogens is 594 g/mol. The second-order valence-electron chi connectivity index (χ2n) is 10.5. The highest BCUT2D eigenvalue weighted by atomic mass is 19.1. The van der Waals surface area contributed by atoms with E-state index in [1.165, 1.54) is 42.9 Å². The number of hydrogen-bond donors (Lipinski definition) is 1. The highest BCUT2D eigenvalue weighted by Crippen LogP contribution is 2.50. The summed E-state index contributed by atoms with van der Waals surface area (Å²) < 4.78 is 79.7. The van der Waals surface area contributed by atoms with E-state index < -0.39 is 35.0 Å². The number of nitrogens with zero attached hydrogens (tertiary/aromatic N) is 3. The van der Waals surface area contributed by atoms with Gasteiger partial charge in [-0.15, -0.1) is 0 Å². The van der Waals surface area contributed by atoms with Crippen molar-refractivity contribution in [2.75, 3.05) is 13.7 Å². The van der Waals surface area contributed by atoms with Crippen LogP contribution in [0.1, 0.15) is 39.8 Å². The molecular formula is C33H23F4N3O5. The van der Waals surface area contributed by atoms with Crippen LogP contribution < -0.4 is 9.47 Å². The average molecular weight is 618 g/mol. The molecule has 0 saturated carbocycles. The number of methoxy groups -OCH3 is 1. The maximum Gasteiger partial charge on any atom is 0.335 e. The zero-order chi connectivity index (χ0) is 32.0. The smallest absolute Gasteiger partial charge is 0.335 e. The number of aromatic nitrogens is 2. The van der Waals surface area contributed by atoms with Crippen LogP contribution >= 0.6 is 0 Å². The van der Waals surface area contributed by atoms with Gasteiger partial charge in [-0.25, -0.2) is 27.3 Å². The summed E-state index contributed by atoms with van der Waals surface area (Å²) in [5.41, 5.74) is -0.176. The normalized spacial score (nSPS) is 15.4. The van der Waals surface area contributed by atoms with E-state index >= 15 is 8.78 Å². The molecule has 0 bridgehead atoms. The number of aromatic carboxylic acids is 1. The van der Waals surface area contributed by atoms with E-state index in [0.717, 1.165) is 24.3 Å². The molecule has 1 N–H and O–H groups in total. The second kappa shape index (κ2) is 11.3. The van der Waals surface area contributed by atoms with E-state index in [1.807, 2.05) is 6.07 Å². The number of para-hydroxylation sites is 1. The van der Waals surface area contributed by atoms with Crippen LogP contribution in [0.15, 0.2) is 60.7 Å². The van der Waals surface area contributed by atoms with E-state index in [4.69, 9.17) is 19.5 Å². The summed E-state index contributed by atoms with van der Waals surface area (Å²) in [7, 11) is 1.45. The largest absolute Gasteiger partial charge is 0.478 e. The molecule has 1 atom stereocenters. The molecule has 0 fully saturated rings. The maximum atomic E-state index is 15.7. The Kier molecular flexibility index (Phi) is 7.42. The standard InChI is InChI=1S/C33H23F4N3O5/c1-33(22-7-6-17(16-38)10-25(22)36)44-28-5-3-4-20(31(28)45-33)21-15-23(34)18(11-24(21)35)14-29-39-30-26(37)12-19(32(41)42)13-27(30)40(29)8-9-43-2/h3-7,10-13,15H,8-9,14H2,1-2H3,(H,41,42). The van der Waals surface area contributed by atoms with E-state index in [2.05, 4.69) is 4.98 Å². The minimum atomic E-state index is -1.65. The van der Waals surface area contributed by atoms with Crippen LogP contribution in [0.5, 0.6) is 11.5 Å². The molecule has 6 rings (SSSR count). The monoisotopic (exact) mass is 617 g/mol. The minimum Gasteiger partial charge on any atom is -0.478 e. The fraction of sp³-hybridized carbons (Fsp3) is 0.182. The van der Waals surface area contributed by atoms with Crippen LogP contribution in [0.4, 0.5) is 17.6 Å². The number of rotatable bonds is 8. The van der Waals surface area contributed by atoms with Crippen LogP contribution in [0, 0.1) is 34.6 Å². The van der Waals surface area contributed by atoms with Crippen molar-refractivity contribution in [3.05, 3.63) is 112 Å². The maximum absolute atomic E-state index is 15.7. The number of ether oxygens (including phenoxy) is 3.